The predicted molar refractivity (Wildman–Crippen MR) is 111 cm³/mol. The van der Waals surface area contributed by atoms with E-state index >= 15 is 0 Å². The van der Waals surface area contributed by atoms with E-state index in [0.29, 0.717) is 34.1 Å². The number of nitriles is 1. The number of rotatable bonds is 6. The largest absolute Gasteiger partial charge is 0.497 e. The van der Waals surface area contributed by atoms with Crippen LogP contribution < -0.4 is 10.1 Å². The minimum Gasteiger partial charge on any atom is -0.497 e. The molecule has 150 valence electrons. The van der Waals surface area contributed by atoms with Gasteiger partial charge >= 0.3 is 5.97 Å². The summed E-state index contributed by atoms with van der Waals surface area (Å²) >= 11 is 0. The number of methoxy groups -OCH3 is 2. The molecule has 0 unspecified atom stereocenters. The molecule has 2 aromatic carbocycles. The molecule has 0 aliphatic rings. The first-order chi connectivity index (χ1) is 14.5. The fourth-order valence-corrected chi connectivity index (χ4v) is 2.72. The minimum atomic E-state index is -0.574. The lowest BCUT2D eigenvalue weighted by Crippen LogP contribution is -2.13. The summed E-state index contributed by atoms with van der Waals surface area (Å²) in [5.74, 6) is 0.298. The van der Waals surface area contributed by atoms with Crippen LogP contribution in [0.3, 0.4) is 0 Å². The Labute approximate surface area is 173 Å². The van der Waals surface area contributed by atoms with Crippen LogP contribution in [-0.4, -0.2) is 26.1 Å². The molecule has 3 rings (SSSR count). The number of hydrogen-bond acceptors (Lipinski definition) is 6. The number of anilines is 1. The maximum absolute atomic E-state index is 12.4. The van der Waals surface area contributed by atoms with Gasteiger partial charge in [-0.05, 0) is 42.5 Å². The second kappa shape index (κ2) is 9.26. The van der Waals surface area contributed by atoms with E-state index in [0.717, 1.165) is 0 Å². The highest BCUT2D eigenvalue weighted by Crippen LogP contribution is 2.27. The molecule has 0 radical (unpaired) electrons. The van der Waals surface area contributed by atoms with Crippen molar-refractivity contribution in [2.24, 2.45) is 0 Å². The molecule has 0 fully saturated rings. The van der Waals surface area contributed by atoms with Crippen molar-refractivity contribution >= 4 is 23.6 Å². The normalized spacial score (nSPS) is 10.8. The van der Waals surface area contributed by atoms with Crippen LogP contribution in [0.2, 0.25) is 0 Å². The first-order valence-corrected chi connectivity index (χ1v) is 8.90. The van der Waals surface area contributed by atoms with Crippen molar-refractivity contribution in [1.82, 2.24) is 0 Å². The number of ether oxygens (including phenoxy) is 2. The molecule has 0 aliphatic carbocycles. The fraction of sp³-hybridized carbons (Fsp3) is 0.0870. The van der Waals surface area contributed by atoms with Crippen LogP contribution in [0.5, 0.6) is 5.75 Å². The maximum Gasteiger partial charge on any atom is 0.338 e. The van der Waals surface area contributed by atoms with Gasteiger partial charge in [0.05, 0.1) is 19.8 Å². The summed E-state index contributed by atoms with van der Waals surface area (Å²) in [5.41, 5.74) is 1.29. The molecule has 0 spiro atoms. The molecule has 7 heteroatoms. The highest BCUT2D eigenvalue weighted by Gasteiger charge is 2.16. The van der Waals surface area contributed by atoms with Gasteiger partial charge in [-0.25, -0.2) is 4.79 Å². The summed E-state index contributed by atoms with van der Waals surface area (Å²) < 4.78 is 15.6. The molecule has 1 heterocycles. The Morgan fingerprint density at radius 3 is 2.43 bits per heavy atom. The third kappa shape index (κ3) is 4.56. The monoisotopic (exact) mass is 402 g/mol. The van der Waals surface area contributed by atoms with Crippen molar-refractivity contribution in [3.63, 3.8) is 0 Å². The first-order valence-electron chi connectivity index (χ1n) is 8.90. The third-order valence-corrected chi connectivity index (χ3v) is 4.22. The number of carbonyl (C=O) groups excluding carboxylic acids is 2. The number of benzene rings is 2. The Morgan fingerprint density at radius 2 is 1.77 bits per heavy atom. The molecule has 0 bridgehead atoms. The van der Waals surface area contributed by atoms with E-state index in [1.165, 1.54) is 13.2 Å². The van der Waals surface area contributed by atoms with E-state index in [1.54, 1.807) is 67.8 Å². The van der Waals surface area contributed by atoms with Crippen LogP contribution in [0.15, 0.2) is 70.7 Å². The van der Waals surface area contributed by atoms with Crippen LogP contribution in [-0.2, 0) is 9.53 Å². The quantitative estimate of drug-likeness (QED) is 0.375. The van der Waals surface area contributed by atoms with E-state index in [4.69, 9.17) is 13.9 Å². The number of esters is 1. The lowest BCUT2D eigenvalue weighted by molar-refractivity contribution is -0.112. The van der Waals surface area contributed by atoms with E-state index in [-0.39, 0.29) is 5.57 Å². The molecule has 0 saturated heterocycles. The standard InChI is InChI=1S/C23H18N2O5/c1-28-17-9-7-16(8-10-17)25-22(26)15(14-24)13-18-11-12-21(30-18)19-5-3-4-6-20(19)23(27)29-2/h3-13H,1-2H3,(H,25,26)/b15-13+. The van der Waals surface area contributed by atoms with Crippen molar-refractivity contribution in [2.75, 3.05) is 19.5 Å². The third-order valence-electron chi connectivity index (χ3n) is 4.22. The van der Waals surface area contributed by atoms with Gasteiger partial charge in [0.1, 0.15) is 28.9 Å². The predicted octanol–water partition coefficient (Wildman–Crippen LogP) is 4.29. The first kappa shape index (κ1) is 20.4. The van der Waals surface area contributed by atoms with Crippen molar-refractivity contribution < 1.29 is 23.5 Å². The zero-order valence-electron chi connectivity index (χ0n) is 16.3. The Kier molecular flexibility index (Phi) is 6.30. The van der Waals surface area contributed by atoms with Gasteiger partial charge in [-0.3, -0.25) is 4.79 Å². The van der Waals surface area contributed by atoms with Crippen molar-refractivity contribution in [3.05, 3.63) is 77.6 Å². The molecular formula is C23H18N2O5. The smallest absolute Gasteiger partial charge is 0.338 e. The van der Waals surface area contributed by atoms with Crippen LogP contribution in [0, 0.1) is 11.3 Å². The lowest BCUT2D eigenvalue weighted by atomic mass is 10.1. The Bertz CT molecular complexity index is 1140. The zero-order valence-corrected chi connectivity index (χ0v) is 16.3. The highest BCUT2D eigenvalue weighted by atomic mass is 16.5. The fourth-order valence-electron chi connectivity index (χ4n) is 2.72. The molecule has 7 nitrogen and oxygen atoms in total. The van der Waals surface area contributed by atoms with Gasteiger partial charge in [0.2, 0.25) is 0 Å². The van der Waals surface area contributed by atoms with Gasteiger partial charge < -0.3 is 19.2 Å². The SMILES string of the molecule is COC(=O)c1ccccc1-c1ccc(/C=C(\C#N)C(=O)Nc2ccc(OC)cc2)o1. The molecule has 30 heavy (non-hydrogen) atoms. The number of hydrogen-bond donors (Lipinski definition) is 1. The molecule has 0 atom stereocenters. The second-order valence-electron chi connectivity index (χ2n) is 6.09. The number of furan rings is 1. The molecule has 1 amide bonds. The van der Waals surface area contributed by atoms with Crippen molar-refractivity contribution in [1.29, 1.82) is 5.26 Å². The van der Waals surface area contributed by atoms with Crippen LogP contribution in [0.1, 0.15) is 16.1 Å². The van der Waals surface area contributed by atoms with Gasteiger partial charge in [-0.1, -0.05) is 18.2 Å². The van der Waals surface area contributed by atoms with E-state index < -0.39 is 11.9 Å². The Hall–Kier alpha value is -4.31. The molecule has 3 aromatic rings. The maximum atomic E-state index is 12.4. The summed E-state index contributed by atoms with van der Waals surface area (Å²) in [6.07, 6.45) is 1.34. The Balaban J connectivity index is 1.82. The van der Waals surface area contributed by atoms with E-state index in [2.05, 4.69) is 5.32 Å². The zero-order chi connectivity index (χ0) is 21.5. The van der Waals surface area contributed by atoms with Gasteiger partial charge in [-0.2, -0.15) is 5.26 Å². The molecular weight excluding hydrogens is 384 g/mol. The highest BCUT2D eigenvalue weighted by molar-refractivity contribution is 6.09. The average Bonchev–Trinajstić information content (AvgIpc) is 3.25. The molecule has 1 N–H and O–H groups in total. The van der Waals surface area contributed by atoms with Crippen LogP contribution >= 0.6 is 0 Å². The molecule has 1 aromatic heterocycles. The number of carbonyl (C=O) groups is 2. The summed E-state index contributed by atoms with van der Waals surface area (Å²) in [4.78, 5) is 24.4. The summed E-state index contributed by atoms with van der Waals surface area (Å²) in [6.45, 7) is 0. The topological polar surface area (TPSA) is 102 Å². The van der Waals surface area contributed by atoms with E-state index in [1.807, 2.05) is 6.07 Å². The number of amides is 1. The van der Waals surface area contributed by atoms with Gasteiger partial charge in [0, 0.05) is 17.3 Å². The lowest BCUT2D eigenvalue weighted by Gasteiger charge is -2.05. The van der Waals surface area contributed by atoms with Crippen LogP contribution in [0.4, 0.5) is 5.69 Å². The minimum absolute atomic E-state index is 0.132. The van der Waals surface area contributed by atoms with Gasteiger partial charge in [0.15, 0.2) is 0 Å². The van der Waals surface area contributed by atoms with Gasteiger partial charge in [-0.15, -0.1) is 0 Å². The molecule has 0 saturated carbocycles. The van der Waals surface area contributed by atoms with Crippen LogP contribution in [0.25, 0.3) is 17.4 Å². The Morgan fingerprint density at radius 1 is 1.03 bits per heavy atom. The summed E-state index contributed by atoms with van der Waals surface area (Å²) in [7, 11) is 2.85. The number of nitrogens with one attached hydrogen (secondary N) is 1. The summed E-state index contributed by atoms with van der Waals surface area (Å²) in [5, 5.41) is 12.0. The van der Waals surface area contributed by atoms with E-state index in [9.17, 15) is 14.9 Å². The number of nitrogens with zero attached hydrogens (tertiary/aromatic N) is 1. The van der Waals surface area contributed by atoms with Crippen molar-refractivity contribution in [2.45, 2.75) is 0 Å². The van der Waals surface area contributed by atoms with Crippen molar-refractivity contribution in [3.8, 4) is 23.1 Å². The van der Waals surface area contributed by atoms with Gasteiger partial charge in [0.25, 0.3) is 5.91 Å². The molecule has 0 aliphatic heterocycles. The average molecular weight is 402 g/mol. The second-order valence-corrected chi connectivity index (χ2v) is 6.09. The summed E-state index contributed by atoms with van der Waals surface area (Å²) in [6, 6.07) is 18.7.